The van der Waals surface area contributed by atoms with Gasteiger partial charge >= 0.3 is 0 Å². The van der Waals surface area contributed by atoms with Gasteiger partial charge in [0, 0.05) is 24.4 Å². The van der Waals surface area contributed by atoms with Crippen LogP contribution >= 0.6 is 0 Å². The minimum Gasteiger partial charge on any atom is -0.308 e. The molecule has 0 bridgehead atoms. The van der Waals surface area contributed by atoms with Gasteiger partial charge in [-0.3, -0.25) is 14.7 Å². The van der Waals surface area contributed by atoms with Crippen LogP contribution in [-0.2, 0) is 21.2 Å². The minimum absolute atomic E-state index is 0.0253. The number of carbonyl (C=O) groups excluding carboxylic acids is 2. The SMILES string of the molecule is CC(=O)c1ccc(S(=O)(=O)N(C)CC(=O)Nc2cc(CC3CCCCC3)[nH]n2)cc1. The molecule has 1 heterocycles. The maximum atomic E-state index is 12.7. The number of nitrogens with one attached hydrogen (secondary N) is 2. The van der Waals surface area contributed by atoms with Gasteiger partial charge in [-0.05, 0) is 31.4 Å². The topological polar surface area (TPSA) is 112 Å². The fourth-order valence-electron chi connectivity index (χ4n) is 3.74. The Hall–Kier alpha value is -2.52. The molecule has 0 spiro atoms. The molecule has 9 heteroatoms. The van der Waals surface area contributed by atoms with Crippen LogP contribution in [0.3, 0.4) is 0 Å². The number of Topliss-reactive ketones (excluding diaryl/α,β-unsaturated/α-hetero) is 1. The Kier molecular flexibility index (Phi) is 7.04. The number of nitrogens with zero attached hydrogens (tertiary/aromatic N) is 2. The van der Waals surface area contributed by atoms with Gasteiger partial charge in [0.1, 0.15) is 0 Å². The third-order valence-corrected chi connectivity index (χ3v) is 7.28. The molecule has 1 aliphatic rings. The molecule has 0 aliphatic heterocycles. The monoisotopic (exact) mass is 432 g/mol. The number of hydrogen-bond donors (Lipinski definition) is 2. The lowest BCUT2D eigenvalue weighted by Gasteiger charge is -2.20. The number of aromatic amines is 1. The van der Waals surface area contributed by atoms with Crippen molar-refractivity contribution in [1.82, 2.24) is 14.5 Å². The van der Waals surface area contributed by atoms with E-state index in [1.54, 1.807) is 0 Å². The molecule has 162 valence electrons. The second kappa shape index (κ2) is 9.53. The highest BCUT2D eigenvalue weighted by atomic mass is 32.2. The van der Waals surface area contributed by atoms with Gasteiger partial charge in [0.15, 0.2) is 11.6 Å². The molecule has 8 nitrogen and oxygen atoms in total. The molecule has 1 aliphatic carbocycles. The molecule has 30 heavy (non-hydrogen) atoms. The van der Waals surface area contributed by atoms with Gasteiger partial charge in [-0.25, -0.2) is 8.42 Å². The third kappa shape index (κ3) is 5.54. The van der Waals surface area contributed by atoms with Gasteiger partial charge in [0.25, 0.3) is 0 Å². The van der Waals surface area contributed by atoms with Crippen molar-refractivity contribution in [2.45, 2.75) is 50.3 Å². The molecule has 1 amide bonds. The number of amides is 1. The summed E-state index contributed by atoms with van der Waals surface area (Å²) in [7, 11) is -2.51. The van der Waals surface area contributed by atoms with Crippen LogP contribution in [0.15, 0.2) is 35.2 Å². The van der Waals surface area contributed by atoms with Crippen LogP contribution in [0.1, 0.15) is 55.1 Å². The van der Waals surface area contributed by atoms with Gasteiger partial charge in [-0.1, -0.05) is 44.2 Å². The summed E-state index contributed by atoms with van der Waals surface area (Å²) in [6, 6.07) is 7.46. The molecule has 2 aromatic rings. The molecule has 1 aromatic heterocycles. The van der Waals surface area contributed by atoms with Crippen molar-refractivity contribution in [2.75, 3.05) is 18.9 Å². The predicted octanol–water partition coefficient (Wildman–Crippen LogP) is 2.99. The van der Waals surface area contributed by atoms with Crippen LogP contribution in [0.5, 0.6) is 0 Å². The summed E-state index contributed by atoms with van der Waals surface area (Å²) >= 11 is 0. The number of anilines is 1. The summed E-state index contributed by atoms with van der Waals surface area (Å²) < 4.78 is 26.3. The van der Waals surface area contributed by atoms with E-state index in [9.17, 15) is 18.0 Å². The zero-order valence-corrected chi connectivity index (χ0v) is 18.2. The number of sulfonamides is 1. The van der Waals surface area contributed by atoms with Crippen LogP contribution in [-0.4, -0.2) is 48.2 Å². The van der Waals surface area contributed by atoms with Crippen molar-refractivity contribution >= 4 is 27.5 Å². The summed E-state index contributed by atoms with van der Waals surface area (Å²) in [6.45, 7) is 1.07. The molecule has 1 aromatic carbocycles. The largest absolute Gasteiger partial charge is 0.308 e. The van der Waals surface area contributed by atoms with Crippen molar-refractivity contribution in [3.05, 3.63) is 41.6 Å². The standard InChI is InChI=1S/C21H28N4O4S/c1-15(26)17-8-10-19(11-9-17)30(28,29)25(2)14-21(27)22-20-13-18(23-24-20)12-16-6-4-3-5-7-16/h8-11,13,16H,3-7,12,14H2,1-2H3,(H2,22,23,24,27). The molecular formula is C21H28N4O4S. The first-order valence-corrected chi connectivity index (χ1v) is 11.6. The Bertz CT molecular complexity index is 992. The summed E-state index contributed by atoms with van der Waals surface area (Å²) in [5.41, 5.74) is 1.40. The highest BCUT2D eigenvalue weighted by molar-refractivity contribution is 7.89. The lowest BCUT2D eigenvalue weighted by molar-refractivity contribution is -0.116. The lowest BCUT2D eigenvalue weighted by Crippen LogP contribution is -2.35. The van der Waals surface area contributed by atoms with E-state index < -0.39 is 15.9 Å². The number of aromatic nitrogens is 2. The molecule has 2 N–H and O–H groups in total. The summed E-state index contributed by atoms with van der Waals surface area (Å²) in [6.07, 6.45) is 7.18. The van der Waals surface area contributed by atoms with Gasteiger partial charge in [0.05, 0.1) is 11.4 Å². The van der Waals surface area contributed by atoms with E-state index in [1.807, 2.05) is 6.07 Å². The van der Waals surface area contributed by atoms with Gasteiger partial charge in [-0.15, -0.1) is 0 Å². The van der Waals surface area contributed by atoms with Crippen LogP contribution in [0.2, 0.25) is 0 Å². The first-order chi connectivity index (χ1) is 14.3. The van der Waals surface area contributed by atoms with E-state index in [1.165, 1.54) is 70.3 Å². The number of ketones is 1. The third-order valence-electron chi connectivity index (χ3n) is 5.47. The Morgan fingerprint density at radius 2 is 1.83 bits per heavy atom. The maximum absolute atomic E-state index is 12.7. The number of benzene rings is 1. The van der Waals surface area contributed by atoms with Crippen LogP contribution < -0.4 is 5.32 Å². The van der Waals surface area contributed by atoms with Gasteiger partial charge in [0.2, 0.25) is 15.9 Å². The molecule has 0 saturated heterocycles. The highest BCUT2D eigenvalue weighted by Gasteiger charge is 2.23. The quantitative estimate of drug-likeness (QED) is 0.623. The molecule has 0 unspecified atom stereocenters. The van der Waals surface area contributed by atoms with Crippen molar-refractivity contribution in [1.29, 1.82) is 0 Å². The van der Waals surface area contributed by atoms with Crippen molar-refractivity contribution in [3.8, 4) is 0 Å². The average molecular weight is 433 g/mol. The Labute approximate surface area is 177 Å². The average Bonchev–Trinajstić information content (AvgIpc) is 3.15. The van der Waals surface area contributed by atoms with Crippen LogP contribution in [0, 0.1) is 5.92 Å². The zero-order valence-electron chi connectivity index (χ0n) is 17.3. The second-order valence-electron chi connectivity index (χ2n) is 7.88. The van der Waals surface area contributed by atoms with Gasteiger partial charge < -0.3 is 5.32 Å². The first kappa shape index (κ1) is 22.2. The smallest absolute Gasteiger partial charge is 0.243 e. The van der Waals surface area contributed by atoms with E-state index in [2.05, 4.69) is 15.5 Å². The predicted molar refractivity (Wildman–Crippen MR) is 114 cm³/mol. The number of rotatable bonds is 8. The fraction of sp³-hybridized carbons (Fsp3) is 0.476. The molecule has 1 saturated carbocycles. The van der Waals surface area contributed by atoms with Crippen molar-refractivity contribution in [2.24, 2.45) is 5.92 Å². The Morgan fingerprint density at radius 1 is 1.17 bits per heavy atom. The van der Waals surface area contributed by atoms with E-state index in [0.29, 0.717) is 17.3 Å². The van der Waals surface area contributed by atoms with Gasteiger partial charge in [-0.2, -0.15) is 9.40 Å². The normalized spacial score (nSPS) is 15.3. The van der Waals surface area contributed by atoms with E-state index in [-0.39, 0.29) is 17.2 Å². The summed E-state index contributed by atoms with van der Waals surface area (Å²) in [5.74, 6) is 0.418. The highest BCUT2D eigenvalue weighted by Crippen LogP contribution is 2.26. The summed E-state index contributed by atoms with van der Waals surface area (Å²) in [5, 5.41) is 9.72. The zero-order chi connectivity index (χ0) is 21.7. The number of H-pyrrole nitrogens is 1. The van der Waals surface area contributed by atoms with E-state index in [0.717, 1.165) is 16.4 Å². The van der Waals surface area contributed by atoms with Crippen LogP contribution in [0.4, 0.5) is 5.82 Å². The second-order valence-corrected chi connectivity index (χ2v) is 9.92. The van der Waals surface area contributed by atoms with Crippen molar-refractivity contribution in [3.63, 3.8) is 0 Å². The summed E-state index contributed by atoms with van der Waals surface area (Å²) in [4.78, 5) is 23.7. The number of likely N-dealkylation sites (N-methyl/N-ethyl adjacent to an activating group) is 1. The number of carbonyl (C=O) groups is 2. The van der Waals surface area contributed by atoms with Crippen molar-refractivity contribution < 1.29 is 18.0 Å². The van der Waals surface area contributed by atoms with E-state index in [4.69, 9.17) is 0 Å². The molecule has 1 fully saturated rings. The van der Waals surface area contributed by atoms with E-state index >= 15 is 0 Å². The Morgan fingerprint density at radius 3 is 2.47 bits per heavy atom. The molecule has 3 rings (SSSR count). The minimum atomic E-state index is -3.85. The van der Waals surface area contributed by atoms with Crippen LogP contribution in [0.25, 0.3) is 0 Å². The molecular weight excluding hydrogens is 404 g/mol. The Balaban J connectivity index is 1.56. The number of hydrogen-bond acceptors (Lipinski definition) is 5. The lowest BCUT2D eigenvalue weighted by atomic mass is 9.86. The maximum Gasteiger partial charge on any atom is 0.243 e. The first-order valence-electron chi connectivity index (χ1n) is 10.2. The molecule has 0 radical (unpaired) electrons. The molecule has 0 atom stereocenters. The fourth-order valence-corrected chi connectivity index (χ4v) is 4.87.